The Hall–Kier alpha value is -1.74. The number of hydrogen-bond donors (Lipinski definition) is 2. The number of benzene rings is 1. The lowest BCUT2D eigenvalue weighted by atomic mass is 10.1. The minimum Gasteiger partial charge on any atom is -0.508 e. The predicted molar refractivity (Wildman–Crippen MR) is 72.0 cm³/mol. The molecule has 92 valence electrons. The second-order valence-electron chi connectivity index (χ2n) is 4.46. The average molecular weight is 261 g/mol. The van der Waals surface area contributed by atoms with E-state index in [2.05, 4.69) is 10.3 Å². The molecule has 0 saturated carbocycles. The Morgan fingerprint density at radius 3 is 3.00 bits per heavy atom. The van der Waals surface area contributed by atoms with Crippen molar-refractivity contribution in [3.8, 4) is 5.75 Å². The normalized spacial score (nSPS) is 17.5. The zero-order chi connectivity index (χ0) is 12.5. The van der Waals surface area contributed by atoms with Gasteiger partial charge >= 0.3 is 0 Å². The van der Waals surface area contributed by atoms with Crippen molar-refractivity contribution in [2.24, 2.45) is 0 Å². The Morgan fingerprint density at radius 1 is 1.28 bits per heavy atom. The lowest BCUT2D eigenvalue weighted by molar-refractivity contribution is 0.474. The van der Waals surface area contributed by atoms with E-state index in [1.807, 2.05) is 24.3 Å². The van der Waals surface area contributed by atoms with Crippen molar-refractivity contribution in [1.82, 2.24) is 4.98 Å². The van der Waals surface area contributed by atoms with Gasteiger partial charge in [0.1, 0.15) is 16.7 Å². The molecule has 3 rings (SSSR count). The van der Waals surface area contributed by atoms with Gasteiger partial charge in [-0.1, -0.05) is 23.7 Å². The number of nitrogens with zero attached hydrogens (tertiary/aromatic N) is 1. The van der Waals surface area contributed by atoms with E-state index >= 15 is 0 Å². The molecule has 0 spiro atoms. The van der Waals surface area contributed by atoms with Crippen molar-refractivity contribution in [2.45, 2.75) is 18.9 Å². The first-order valence-corrected chi connectivity index (χ1v) is 6.31. The van der Waals surface area contributed by atoms with Gasteiger partial charge in [0.25, 0.3) is 0 Å². The Balaban J connectivity index is 1.85. The minimum atomic E-state index is 0.242. The fourth-order valence-electron chi connectivity index (χ4n) is 2.42. The molecule has 1 aliphatic rings. The van der Waals surface area contributed by atoms with Crippen LogP contribution in [0.1, 0.15) is 23.6 Å². The number of aromatic nitrogens is 1. The highest BCUT2D eigenvalue weighted by atomic mass is 35.5. The maximum atomic E-state index is 9.46. The van der Waals surface area contributed by atoms with Crippen LogP contribution in [-0.4, -0.2) is 10.1 Å². The number of nitrogens with one attached hydrogen (secondary N) is 1. The van der Waals surface area contributed by atoms with Gasteiger partial charge in [-0.25, -0.2) is 4.98 Å². The molecule has 0 amide bonds. The zero-order valence-corrected chi connectivity index (χ0v) is 10.5. The summed E-state index contributed by atoms with van der Waals surface area (Å²) < 4.78 is 0. The Bertz CT molecular complexity index is 586. The minimum absolute atomic E-state index is 0.242. The largest absolute Gasteiger partial charge is 0.508 e. The lowest BCUT2D eigenvalue weighted by Crippen LogP contribution is -2.08. The van der Waals surface area contributed by atoms with Crippen LogP contribution in [0.15, 0.2) is 36.4 Å². The number of pyridine rings is 1. The highest BCUT2D eigenvalue weighted by Crippen LogP contribution is 2.35. The number of aromatic hydroxyl groups is 1. The summed E-state index contributed by atoms with van der Waals surface area (Å²) in [4.78, 5) is 4.23. The van der Waals surface area contributed by atoms with Crippen LogP contribution in [0, 0.1) is 0 Å². The summed E-state index contributed by atoms with van der Waals surface area (Å²) >= 11 is 5.87. The van der Waals surface area contributed by atoms with Gasteiger partial charge in [-0.15, -0.1) is 0 Å². The van der Waals surface area contributed by atoms with Gasteiger partial charge in [-0.2, -0.15) is 0 Å². The second-order valence-corrected chi connectivity index (χ2v) is 4.85. The third kappa shape index (κ3) is 2.14. The Labute approximate surface area is 110 Å². The van der Waals surface area contributed by atoms with E-state index in [0.29, 0.717) is 10.9 Å². The Morgan fingerprint density at radius 2 is 2.17 bits per heavy atom. The molecule has 18 heavy (non-hydrogen) atoms. The van der Waals surface area contributed by atoms with Crippen LogP contribution in [0.2, 0.25) is 5.15 Å². The van der Waals surface area contributed by atoms with Crippen LogP contribution < -0.4 is 5.32 Å². The van der Waals surface area contributed by atoms with Crippen LogP contribution in [0.25, 0.3) is 0 Å². The van der Waals surface area contributed by atoms with Gasteiger partial charge in [0.05, 0.1) is 6.04 Å². The van der Waals surface area contributed by atoms with Crippen LogP contribution >= 0.6 is 11.6 Å². The summed E-state index contributed by atoms with van der Waals surface area (Å²) in [7, 11) is 0. The SMILES string of the molecule is Oc1ccc2c(c1)CCC2Nc1cccc(Cl)n1. The number of rotatable bonds is 2. The lowest BCUT2D eigenvalue weighted by Gasteiger charge is -2.14. The molecule has 3 nitrogen and oxygen atoms in total. The van der Waals surface area contributed by atoms with Crippen LogP contribution in [0.4, 0.5) is 5.82 Å². The number of hydrogen-bond acceptors (Lipinski definition) is 3. The van der Waals surface area contributed by atoms with E-state index in [9.17, 15) is 5.11 Å². The fraction of sp³-hybridized carbons (Fsp3) is 0.214. The highest BCUT2D eigenvalue weighted by molar-refractivity contribution is 6.29. The molecule has 4 heteroatoms. The average Bonchev–Trinajstić information content (AvgIpc) is 2.72. The van der Waals surface area contributed by atoms with Crippen molar-refractivity contribution < 1.29 is 5.11 Å². The summed E-state index contributed by atoms with van der Waals surface area (Å²) in [6.45, 7) is 0. The number of phenols is 1. The van der Waals surface area contributed by atoms with E-state index in [1.165, 1.54) is 11.1 Å². The van der Waals surface area contributed by atoms with Crippen LogP contribution in [-0.2, 0) is 6.42 Å². The molecule has 0 radical (unpaired) electrons. The number of aryl methyl sites for hydroxylation is 1. The molecular weight excluding hydrogens is 248 g/mol. The van der Waals surface area contributed by atoms with Crippen LogP contribution in [0.5, 0.6) is 5.75 Å². The first-order valence-electron chi connectivity index (χ1n) is 5.93. The number of fused-ring (bicyclic) bond motifs is 1. The molecule has 0 saturated heterocycles. The van der Waals surface area contributed by atoms with Crippen molar-refractivity contribution in [3.05, 3.63) is 52.7 Å². The van der Waals surface area contributed by atoms with Crippen LogP contribution in [0.3, 0.4) is 0 Å². The van der Waals surface area contributed by atoms with E-state index < -0.39 is 0 Å². The summed E-state index contributed by atoms with van der Waals surface area (Å²) in [5.41, 5.74) is 2.43. The molecule has 1 aliphatic carbocycles. The first-order chi connectivity index (χ1) is 8.72. The molecule has 2 N–H and O–H groups in total. The third-order valence-electron chi connectivity index (χ3n) is 3.24. The maximum absolute atomic E-state index is 9.46. The molecule has 1 atom stereocenters. The molecule has 0 bridgehead atoms. The van der Waals surface area contributed by atoms with Crippen molar-refractivity contribution in [1.29, 1.82) is 0 Å². The molecule has 1 unspecified atom stereocenters. The predicted octanol–water partition coefficient (Wildman–Crippen LogP) is 3.54. The van der Waals surface area contributed by atoms with Crippen molar-refractivity contribution in [3.63, 3.8) is 0 Å². The molecule has 2 aromatic rings. The van der Waals surface area contributed by atoms with E-state index in [1.54, 1.807) is 12.1 Å². The quantitative estimate of drug-likeness (QED) is 0.812. The van der Waals surface area contributed by atoms with E-state index in [0.717, 1.165) is 18.7 Å². The molecule has 1 heterocycles. The maximum Gasteiger partial charge on any atom is 0.131 e. The summed E-state index contributed by atoms with van der Waals surface area (Å²) in [5, 5.41) is 13.3. The topological polar surface area (TPSA) is 45.1 Å². The highest BCUT2D eigenvalue weighted by Gasteiger charge is 2.22. The van der Waals surface area contributed by atoms with Gasteiger partial charge in [0, 0.05) is 0 Å². The van der Waals surface area contributed by atoms with Gasteiger partial charge < -0.3 is 10.4 Å². The third-order valence-corrected chi connectivity index (χ3v) is 3.45. The number of anilines is 1. The summed E-state index contributed by atoms with van der Waals surface area (Å²) in [5.74, 6) is 1.11. The van der Waals surface area contributed by atoms with Gasteiger partial charge in [-0.05, 0) is 48.2 Å². The molecule has 1 aromatic carbocycles. The van der Waals surface area contributed by atoms with Crippen molar-refractivity contribution >= 4 is 17.4 Å². The van der Waals surface area contributed by atoms with E-state index in [-0.39, 0.29) is 6.04 Å². The monoisotopic (exact) mass is 260 g/mol. The van der Waals surface area contributed by atoms with Gasteiger partial charge in [-0.3, -0.25) is 0 Å². The summed E-state index contributed by atoms with van der Waals surface area (Å²) in [6.07, 6.45) is 1.98. The van der Waals surface area contributed by atoms with Gasteiger partial charge in [0.15, 0.2) is 0 Å². The first kappa shape index (κ1) is 11.4. The number of halogens is 1. The van der Waals surface area contributed by atoms with E-state index in [4.69, 9.17) is 11.6 Å². The molecule has 0 fully saturated rings. The van der Waals surface area contributed by atoms with Gasteiger partial charge in [0.2, 0.25) is 0 Å². The molecule has 0 aliphatic heterocycles. The second kappa shape index (κ2) is 4.50. The molecule has 1 aromatic heterocycles. The zero-order valence-electron chi connectivity index (χ0n) is 9.73. The number of phenolic OH excluding ortho intramolecular Hbond substituents is 1. The standard InChI is InChI=1S/C14H13ClN2O/c15-13-2-1-3-14(17-13)16-12-7-4-9-8-10(18)5-6-11(9)12/h1-3,5-6,8,12,18H,4,7H2,(H,16,17). The summed E-state index contributed by atoms with van der Waals surface area (Å²) in [6, 6.07) is 11.3. The fourth-order valence-corrected chi connectivity index (χ4v) is 2.58. The molecular formula is C14H13ClN2O. The smallest absolute Gasteiger partial charge is 0.131 e. The Kier molecular flexibility index (Phi) is 2.84. The van der Waals surface area contributed by atoms with Crippen molar-refractivity contribution in [2.75, 3.05) is 5.32 Å².